The number of hydrogen-bond acceptors (Lipinski definition) is 5. The number of nitrogens with one attached hydrogen (secondary N) is 1. The number of fused-ring (bicyclic) bond motifs is 1. The molecule has 0 aromatic carbocycles. The molecule has 176 valence electrons. The third kappa shape index (κ3) is 4.95. The Bertz CT molecular complexity index is 1000. The summed E-state index contributed by atoms with van der Waals surface area (Å²) in [7, 11) is 0. The maximum atomic E-state index is 13.4. The summed E-state index contributed by atoms with van der Waals surface area (Å²) in [6.07, 6.45) is 6.98. The van der Waals surface area contributed by atoms with Crippen LogP contribution >= 0.6 is 0 Å². The van der Waals surface area contributed by atoms with Gasteiger partial charge in [0, 0.05) is 50.1 Å². The Hall–Kier alpha value is -2.74. The van der Waals surface area contributed by atoms with Crippen LogP contribution in [-0.4, -0.2) is 62.6 Å². The molecule has 2 amide bonds. The van der Waals surface area contributed by atoms with Crippen molar-refractivity contribution in [2.45, 2.75) is 58.7 Å². The maximum Gasteiger partial charge on any atom is 0.272 e. The number of nitrogens with zero attached hydrogens (tertiary/aromatic N) is 5. The number of carbonyl (C=O) groups is 2. The lowest BCUT2D eigenvalue weighted by molar-refractivity contribution is -0.138. The first kappa shape index (κ1) is 22.1. The number of hydrogen-bond donors (Lipinski definition) is 1. The number of aromatic nitrogens is 3. The summed E-state index contributed by atoms with van der Waals surface area (Å²) in [6.45, 7) is 7.50. The summed E-state index contributed by atoms with van der Waals surface area (Å²) in [6, 6.07) is 5.67. The zero-order chi connectivity index (χ0) is 22.8. The number of carbonyl (C=O) groups excluding carboxylic acids is 2. The van der Waals surface area contributed by atoms with Gasteiger partial charge in [-0.15, -0.1) is 0 Å². The van der Waals surface area contributed by atoms with E-state index in [2.05, 4.69) is 22.1 Å². The van der Waals surface area contributed by atoms with Gasteiger partial charge in [-0.05, 0) is 56.8 Å². The quantitative estimate of drug-likeness (QED) is 0.700. The largest absolute Gasteiger partial charge is 0.345 e. The highest BCUT2D eigenvalue weighted by molar-refractivity contribution is 5.94. The lowest BCUT2D eigenvalue weighted by Gasteiger charge is -2.36. The van der Waals surface area contributed by atoms with Gasteiger partial charge in [0.1, 0.15) is 0 Å². The van der Waals surface area contributed by atoms with E-state index >= 15 is 0 Å². The molecule has 1 atom stereocenters. The van der Waals surface area contributed by atoms with Crippen LogP contribution in [0.2, 0.25) is 0 Å². The zero-order valence-electron chi connectivity index (χ0n) is 19.5. The van der Waals surface area contributed by atoms with Gasteiger partial charge in [-0.3, -0.25) is 19.3 Å². The second-order valence-corrected chi connectivity index (χ2v) is 9.65. The molecule has 2 aromatic rings. The summed E-state index contributed by atoms with van der Waals surface area (Å²) >= 11 is 0. The smallest absolute Gasteiger partial charge is 0.272 e. The molecule has 8 nitrogen and oxygen atoms in total. The fraction of sp³-hybridized carbons (Fsp3) is 0.600. The first-order valence-corrected chi connectivity index (χ1v) is 12.4. The van der Waals surface area contributed by atoms with Crippen LogP contribution in [0.25, 0.3) is 0 Å². The van der Waals surface area contributed by atoms with Crippen LogP contribution in [-0.2, 0) is 30.8 Å². The summed E-state index contributed by atoms with van der Waals surface area (Å²) in [4.78, 5) is 35.1. The van der Waals surface area contributed by atoms with Crippen molar-refractivity contribution in [1.29, 1.82) is 0 Å². The van der Waals surface area contributed by atoms with E-state index in [1.807, 2.05) is 27.8 Å². The van der Waals surface area contributed by atoms with E-state index in [1.54, 1.807) is 6.20 Å². The van der Waals surface area contributed by atoms with E-state index in [4.69, 9.17) is 5.10 Å². The lowest BCUT2D eigenvalue weighted by atomic mass is 9.95. The first-order valence-electron chi connectivity index (χ1n) is 12.4. The molecule has 0 spiro atoms. The molecular weight excluding hydrogens is 416 g/mol. The molecule has 1 saturated heterocycles. The van der Waals surface area contributed by atoms with Gasteiger partial charge < -0.3 is 15.1 Å². The average Bonchev–Trinajstić information content (AvgIpc) is 3.62. The minimum atomic E-state index is -0.185. The molecular formula is C25H34N6O2. The Morgan fingerprint density at radius 2 is 2.06 bits per heavy atom. The van der Waals surface area contributed by atoms with Gasteiger partial charge in [0.05, 0.1) is 18.2 Å². The third-order valence-electron chi connectivity index (χ3n) is 7.25. The average molecular weight is 451 g/mol. The van der Waals surface area contributed by atoms with Crippen LogP contribution in [0, 0.1) is 11.8 Å². The molecule has 0 bridgehead atoms. The minimum absolute atomic E-state index is 0.0585. The fourth-order valence-corrected chi connectivity index (χ4v) is 5.12. The number of likely N-dealkylation sites (tertiary alicyclic amines) is 1. The maximum absolute atomic E-state index is 13.4. The molecule has 8 heteroatoms. The van der Waals surface area contributed by atoms with E-state index in [1.165, 1.54) is 12.8 Å². The monoisotopic (exact) mass is 450 g/mol. The summed E-state index contributed by atoms with van der Waals surface area (Å²) < 4.78 is 2.05. The Morgan fingerprint density at radius 1 is 1.18 bits per heavy atom. The van der Waals surface area contributed by atoms with Gasteiger partial charge >= 0.3 is 0 Å². The highest BCUT2D eigenvalue weighted by Gasteiger charge is 2.35. The third-order valence-corrected chi connectivity index (χ3v) is 7.25. The Labute approximate surface area is 195 Å². The highest BCUT2D eigenvalue weighted by Crippen LogP contribution is 2.33. The van der Waals surface area contributed by atoms with Crippen molar-refractivity contribution in [1.82, 2.24) is 29.9 Å². The van der Waals surface area contributed by atoms with E-state index in [0.717, 1.165) is 62.4 Å². The fourth-order valence-electron chi connectivity index (χ4n) is 5.12. The Kier molecular flexibility index (Phi) is 6.44. The molecule has 4 heterocycles. The normalized spacial score (nSPS) is 21.0. The van der Waals surface area contributed by atoms with Crippen LogP contribution in [0.3, 0.4) is 0 Å². The van der Waals surface area contributed by atoms with Gasteiger partial charge in [0.25, 0.3) is 5.91 Å². The zero-order valence-corrected chi connectivity index (χ0v) is 19.5. The van der Waals surface area contributed by atoms with Crippen LogP contribution in [0.1, 0.15) is 60.0 Å². The molecule has 0 radical (unpaired) electrons. The SMILES string of the molecule is CCN1CCCC(C(=O)N2CCc3c(c(C(=O)NCc4ccccn4)nn3CC3CC3)C2)C1. The van der Waals surface area contributed by atoms with E-state index in [9.17, 15) is 9.59 Å². The van der Waals surface area contributed by atoms with Crippen molar-refractivity contribution in [2.24, 2.45) is 11.8 Å². The minimum Gasteiger partial charge on any atom is -0.345 e. The Balaban J connectivity index is 1.33. The van der Waals surface area contributed by atoms with Crippen molar-refractivity contribution in [3.63, 3.8) is 0 Å². The summed E-state index contributed by atoms with van der Waals surface area (Å²) in [5.74, 6) is 0.771. The molecule has 1 aliphatic carbocycles. The predicted molar refractivity (Wildman–Crippen MR) is 124 cm³/mol. The molecule has 2 fully saturated rings. The van der Waals surface area contributed by atoms with E-state index < -0.39 is 0 Å². The number of amides is 2. The highest BCUT2D eigenvalue weighted by atomic mass is 16.2. The lowest BCUT2D eigenvalue weighted by Crippen LogP contribution is -2.46. The van der Waals surface area contributed by atoms with E-state index in [0.29, 0.717) is 31.2 Å². The molecule has 3 aliphatic rings. The molecule has 2 aromatic heterocycles. The van der Waals surface area contributed by atoms with Crippen LogP contribution in [0.5, 0.6) is 0 Å². The summed E-state index contributed by atoms with van der Waals surface area (Å²) in [5, 5.41) is 7.73. The van der Waals surface area contributed by atoms with Crippen molar-refractivity contribution in [3.8, 4) is 0 Å². The summed E-state index contributed by atoms with van der Waals surface area (Å²) in [5.41, 5.74) is 3.34. The van der Waals surface area contributed by atoms with Gasteiger partial charge in [-0.25, -0.2) is 0 Å². The van der Waals surface area contributed by atoms with Crippen LogP contribution in [0.4, 0.5) is 0 Å². The standard InChI is InChI=1S/C25H34N6O2/c1-2-29-12-5-6-19(16-29)25(33)30-13-10-22-21(17-30)23(28-31(22)15-18-8-9-18)24(32)27-14-20-7-3-4-11-26-20/h3-4,7,11,18-19H,2,5-6,8-10,12-17H2,1H3,(H,27,32). The number of rotatable bonds is 7. The Morgan fingerprint density at radius 3 is 2.82 bits per heavy atom. The van der Waals surface area contributed by atoms with Crippen molar-refractivity contribution in [3.05, 3.63) is 47.0 Å². The predicted octanol–water partition coefficient (Wildman–Crippen LogP) is 2.23. The molecule has 5 rings (SSSR count). The second-order valence-electron chi connectivity index (χ2n) is 9.65. The topological polar surface area (TPSA) is 83.4 Å². The van der Waals surface area contributed by atoms with Crippen molar-refractivity contribution < 1.29 is 9.59 Å². The van der Waals surface area contributed by atoms with Crippen LogP contribution < -0.4 is 5.32 Å². The van der Waals surface area contributed by atoms with Gasteiger partial charge in [-0.2, -0.15) is 5.10 Å². The molecule has 1 unspecified atom stereocenters. The number of pyridine rings is 1. The molecule has 1 saturated carbocycles. The van der Waals surface area contributed by atoms with Gasteiger partial charge in [-0.1, -0.05) is 13.0 Å². The second kappa shape index (κ2) is 9.63. The first-order chi connectivity index (χ1) is 16.1. The number of piperidine rings is 1. The van der Waals surface area contributed by atoms with Gasteiger partial charge in [0.15, 0.2) is 5.69 Å². The van der Waals surface area contributed by atoms with Crippen molar-refractivity contribution in [2.75, 3.05) is 26.2 Å². The molecule has 33 heavy (non-hydrogen) atoms. The van der Waals surface area contributed by atoms with E-state index in [-0.39, 0.29) is 17.7 Å². The van der Waals surface area contributed by atoms with Crippen LogP contribution in [0.15, 0.2) is 24.4 Å². The molecule has 1 N–H and O–H groups in total. The van der Waals surface area contributed by atoms with Crippen molar-refractivity contribution >= 4 is 11.8 Å². The van der Waals surface area contributed by atoms with Gasteiger partial charge in [0.2, 0.25) is 5.91 Å². The molecule has 2 aliphatic heterocycles.